The first-order valence-corrected chi connectivity index (χ1v) is 8.35. The van der Waals surface area contributed by atoms with E-state index in [2.05, 4.69) is 10.6 Å². The van der Waals surface area contributed by atoms with Crippen molar-refractivity contribution in [3.63, 3.8) is 0 Å². The van der Waals surface area contributed by atoms with E-state index in [0.717, 1.165) is 5.56 Å². The highest BCUT2D eigenvalue weighted by molar-refractivity contribution is 6.33. The summed E-state index contributed by atoms with van der Waals surface area (Å²) in [5, 5.41) is 5.66. The fourth-order valence-electron chi connectivity index (χ4n) is 2.30. The van der Waals surface area contributed by atoms with Crippen LogP contribution in [0.4, 0.5) is 5.69 Å². The van der Waals surface area contributed by atoms with Crippen LogP contribution in [0.15, 0.2) is 54.6 Å². The van der Waals surface area contributed by atoms with E-state index < -0.39 is 24.5 Å². The van der Waals surface area contributed by atoms with E-state index in [4.69, 9.17) is 16.3 Å². The normalized spacial score (nSPS) is 11.3. The fourth-order valence-corrected chi connectivity index (χ4v) is 2.49. The summed E-state index contributed by atoms with van der Waals surface area (Å²) in [6.45, 7) is 0.934. The summed E-state index contributed by atoms with van der Waals surface area (Å²) < 4.78 is 5.00. The fraction of sp³-hybridized carbons (Fsp3) is 0.211. The molecule has 2 aromatic rings. The van der Waals surface area contributed by atoms with E-state index in [1.165, 1.54) is 6.92 Å². The lowest BCUT2D eigenvalue weighted by Gasteiger charge is -2.17. The Labute approximate surface area is 156 Å². The monoisotopic (exact) mass is 374 g/mol. The molecule has 2 aromatic carbocycles. The molecule has 0 bridgehead atoms. The van der Waals surface area contributed by atoms with Crippen molar-refractivity contribution in [3.8, 4) is 0 Å². The first-order valence-electron chi connectivity index (χ1n) is 7.97. The SMILES string of the molecule is CC(=O)N[C@@H](CC(=O)OCC(=O)Nc1ccccc1Cl)c1ccccc1. The zero-order valence-electron chi connectivity index (χ0n) is 14.2. The summed E-state index contributed by atoms with van der Waals surface area (Å²) in [6, 6.07) is 15.3. The van der Waals surface area contributed by atoms with Gasteiger partial charge in [-0.25, -0.2) is 0 Å². The number of esters is 1. The van der Waals surface area contributed by atoms with E-state index >= 15 is 0 Å². The summed E-state index contributed by atoms with van der Waals surface area (Å²) in [7, 11) is 0. The van der Waals surface area contributed by atoms with Gasteiger partial charge in [0.1, 0.15) is 0 Å². The van der Waals surface area contributed by atoms with Crippen LogP contribution in [-0.4, -0.2) is 24.4 Å². The number of carbonyl (C=O) groups excluding carboxylic acids is 3. The molecule has 0 aromatic heterocycles. The van der Waals surface area contributed by atoms with Gasteiger partial charge in [-0.15, -0.1) is 0 Å². The van der Waals surface area contributed by atoms with Gasteiger partial charge in [-0.3, -0.25) is 14.4 Å². The van der Waals surface area contributed by atoms with Crippen LogP contribution in [0.25, 0.3) is 0 Å². The second-order valence-corrected chi connectivity index (χ2v) is 5.96. The lowest BCUT2D eigenvalue weighted by molar-refractivity contribution is -0.148. The molecule has 1 atom stereocenters. The third-order valence-corrected chi connectivity index (χ3v) is 3.79. The number of amides is 2. The molecule has 6 nitrogen and oxygen atoms in total. The highest BCUT2D eigenvalue weighted by Crippen LogP contribution is 2.20. The van der Waals surface area contributed by atoms with Gasteiger partial charge >= 0.3 is 5.97 Å². The molecule has 2 N–H and O–H groups in total. The molecule has 2 amide bonds. The molecule has 0 aliphatic heterocycles. The Hall–Kier alpha value is -2.86. The number of anilines is 1. The topological polar surface area (TPSA) is 84.5 Å². The average molecular weight is 375 g/mol. The second kappa shape index (κ2) is 9.58. The molecule has 26 heavy (non-hydrogen) atoms. The van der Waals surface area contributed by atoms with Gasteiger partial charge in [0.15, 0.2) is 6.61 Å². The summed E-state index contributed by atoms with van der Waals surface area (Å²) in [5.41, 5.74) is 1.22. The first-order chi connectivity index (χ1) is 12.5. The number of rotatable bonds is 7. The van der Waals surface area contributed by atoms with Gasteiger partial charge in [0.2, 0.25) is 5.91 Å². The van der Waals surface area contributed by atoms with Crippen molar-refractivity contribution in [3.05, 3.63) is 65.2 Å². The molecule has 2 rings (SSSR count). The molecule has 0 aliphatic rings. The quantitative estimate of drug-likeness (QED) is 0.729. The van der Waals surface area contributed by atoms with Crippen LogP contribution in [0.5, 0.6) is 0 Å². The minimum absolute atomic E-state index is 0.0804. The number of benzene rings is 2. The van der Waals surface area contributed by atoms with Crippen LogP contribution in [0.3, 0.4) is 0 Å². The maximum absolute atomic E-state index is 12.1. The molecule has 0 unspecified atom stereocenters. The number of ether oxygens (including phenoxy) is 1. The lowest BCUT2D eigenvalue weighted by atomic mass is 10.0. The van der Waals surface area contributed by atoms with Gasteiger partial charge in [-0.1, -0.05) is 54.1 Å². The molecule has 136 valence electrons. The van der Waals surface area contributed by atoms with E-state index in [-0.39, 0.29) is 12.3 Å². The summed E-state index contributed by atoms with van der Waals surface area (Å²) in [6.07, 6.45) is -0.0804. The van der Waals surface area contributed by atoms with Gasteiger partial charge in [-0.05, 0) is 17.7 Å². The zero-order chi connectivity index (χ0) is 18.9. The third-order valence-electron chi connectivity index (χ3n) is 3.46. The van der Waals surface area contributed by atoms with Gasteiger partial charge in [-0.2, -0.15) is 0 Å². The van der Waals surface area contributed by atoms with Crippen LogP contribution < -0.4 is 10.6 Å². The van der Waals surface area contributed by atoms with E-state index in [1.54, 1.807) is 36.4 Å². The number of hydrogen-bond acceptors (Lipinski definition) is 4. The van der Waals surface area contributed by atoms with E-state index in [0.29, 0.717) is 10.7 Å². The Morgan fingerprint density at radius 1 is 1.04 bits per heavy atom. The van der Waals surface area contributed by atoms with Crippen molar-refractivity contribution in [1.82, 2.24) is 5.32 Å². The summed E-state index contributed by atoms with van der Waals surface area (Å²) in [5.74, 6) is -1.35. The number of nitrogens with one attached hydrogen (secondary N) is 2. The highest BCUT2D eigenvalue weighted by Gasteiger charge is 2.18. The average Bonchev–Trinajstić information content (AvgIpc) is 2.62. The number of halogens is 1. The molecule has 0 fully saturated rings. The van der Waals surface area contributed by atoms with Crippen molar-refractivity contribution >= 4 is 35.1 Å². The molecule has 0 aliphatic carbocycles. The van der Waals surface area contributed by atoms with Crippen LogP contribution in [0.2, 0.25) is 5.02 Å². The molecular weight excluding hydrogens is 356 g/mol. The van der Waals surface area contributed by atoms with Crippen molar-refractivity contribution in [2.45, 2.75) is 19.4 Å². The van der Waals surface area contributed by atoms with Crippen molar-refractivity contribution in [2.24, 2.45) is 0 Å². The minimum Gasteiger partial charge on any atom is -0.455 e. The largest absolute Gasteiger partial charge is 0.455 e. The van der Waals surface area contributed by atoms with Crippen molar-refractivity contribution in [2.75, 3.05) is 11.9 Å². The van der Waals surface area contributed by atoms with Crippen LogP contribution in [0.1, 0.15) is 24.9 Å². The Morgan fingerprint density at radius 3 is 2.35 bits per heavy atom. The highest BCUT2D eigenvalue weighted by atomic mass is 35.5. The maximum atomic E-state index is 12.1. The van der Waals surface area contributed by atoms with Crippen molar-refractivity contribution < 1.29 is 19.1 Å². The van der Waals surface area contributed by atoms with Crippen LogP contribution >= 0.6 is 11.6 Å². The summed E-state index contributed by atoms with van der Waals surface area (Å²) in [4.78, 5) is 35.3. The molecule has 0 spiro atoms. The van der Waals surface area contributed by atoms with Gasteiger partial charge in [0, 0.05) is 6.92 Å². The predicted octanol–water partition coefficient (Wildman–Crippen LogP) is 3.09. The Balaban J connectivity index is 1.88. The third kappa shape index (κ3) is 6.22. The Bertz CT molecular complexity index is 780. The minimum atomic E-state index is -0.595. The van der Waals surface area contributed by atoms with Crippen LogP contribution in [0, 0.1) is 0 Å². The Kier molecular flexibility index (Phi) is 7.17. The van der Waals surface area contributed by atoms with Crippen LogP contribution in [-0.2, 0) is 19.1 Å². The molecular formula is C19H19ClN2O4. The van der Waals surface area contributed by atoms with Gasteiger partial charge in [0.25, 0.3) is 5.91 Å². The standard InChI is InChI=1S/C19H19ClN2O4/c1-13(23)21-17(14-7-3-2-4-8-14)11-19(25)26-12-18(24)22-16-10-6-5-9-15(16)20/h2-10,17H,11-12H2,1H3,(H,21,23)(H,22,24)/t17-/m0/s1. The number of carbonyl (C=O) groups is 3. The molecule has 0 radical (unpaired) electrons. The van der Waals surface area contributed by atoms with E-state index in [1.807, 2.05) is 18.2 Å². The molecule has 7 heteroatoms. The second-order valence-electron chi connectivity index (χ2n) is 5.56. The molecule has 0 saturated heterocycles. The predicted molar refractivity (Wildman–Crippen MR) is 98.7 cm³/mol. The zero-order valence-corrected chi connectivity index (χ0v) is 15.0. The molecule has 0 saturated carbocycles. The maximum Gasteiger partial charge on any atom is 0.308 e. The van der Waals surface area contributed by atoms with E-state index in [9.17, 15) is 14.4 Å². The smallest absolute Gasteiger partial charge is 0.308 e. The lowest BCUT2D eigenvalue weighted by Crippen LogP contribution is -2.29. The summed E-state index contributed by atoms with van der Waals surface area (Å²) >= 11 is 5.95. The first kappa shape index (κ1) is 19.5. The van der Waals surface area contributed by atoms with Crippen molar-refractivity contribution in [1.29, 1.82) is 0 Å². The number of para-hydroxylation sites is 1. The van der Waals surface area contributed by atoms with Gasteiger partial charge < -0.3 is 15.4 Å². The molecule has 0 heterocycles. The number of hydrogen-bond donors (Lipinski definition) is 2. The van der Waals surface area contributed by atoms with Gasteiger partial charge in [0.05, 0.1) is 23.2 Å². The Morgan fingerprint density at radius 2 is 1.69 bits per heavy atom.